The summed E-state index contributed by atoms with van der Waals surface area (Å²) in [6.45, 7) is 6.36. The van der Waals surface area contributed by atoms with Crippen LogP contribution in [0, 0.1) is 0 Å². The second-order valence-electron chi connectivity index (χ2n) is 5.00. The van der Waals surface area contributed by atoms with E-state index in [-0.39, 0.29) is 11.8 Å². The summed E-state index contributed by atoms with van der Waals surface area (Å²) in [5.41, 5.74) is 9.08. The van der Waals surface area contributed by atoms with Crippen LogP contribution < -0.4 is 5.73 Å². The number of hydrogen-bond donors (Lipinski definition) is 1. The molecule has 2 N–H and O–H groups in total. The third-order valence-electron chi connectivity index (χ3n) is 3.06. The molecule has 0 unspecified atom stereocenters. The highest BCUT2D eigenvalue weighted by molar-refractivity contribution is 5.96. The van der Waals surface area contributed by atoms with Crippen LogP contribution in [0.25, 0.3) is 0 Å². The number of nitrogens with two attached hydrogens (primary N) is 1. The number of hydrogen-bond acceptors (Lipinski definition) is 3. The second kappa shape index (κ2) is 6.66. The van der Waals surface area contributed by atoms with Crippen molar-refractivity contribution in [3.8, 4) is 0 Å². The van der Waals surface area contributed by atoms with Crippen molar-refractivity contribution in [2.45, 2.75) is 39.2 Å². The summed E-state index contributed by atoms with van der Waals surface area (Å²) in [5.74, 6) is 0.478. The molecule has 0 amide bonds. The molecule has 1 aromatic carbocycles. The van der Waals surface area contributed by atoms with Gasteiger partial charge < -0.3 is 10.5 Å². The molecule has 0 spiro atoms. The molecular weight excluding hydrogens is 226 g/mol. The minimum absolute atomic E-state index is 0.0759. The maximum Gasteiger partial charge on any atom is 0.160 e. The van der Waals surface area contributed by atoms with Gasteiger partial charge in [-0.25, -0.2) is 0 Å². The maximum atomic E-state index is 11.7. The van der Waals surface area contributed by atoms with Crippen molar-refractivity contribution in [1.29, 1.82) is 0 Å². The Balaban J connectivity index is 3.14. The molecule has 0 saturated carbocycles. The quantitative estimate of drug-likeness (QED) is 0.788. The van der Waals surface area contributed by atoms with E-state index in [4.69, 9.17) is 10.5 Å². The number of Topliss-reactive ketones (excluding diaryl/α,β-unsaturated/α-hetero) is 1. The van der Waals surface area contributed by atoms with E-state index in [1.54, 1.807) is 14.0 Å². The summed E-state index contributed by atoms with van der Waals surface area (Å²) in [6.07, 6.45) is 0.678. The number of ketones is 1. The van der Waals surface area contributed by atoms with Crippen LogP contribution in [0.5, 0.6) is 0 Å². The zero-order valence-corrected chi connectivity index (χ0v) is 11.7. The Hall–Kier alpha value is -1.19. The van der Waals surface area contributed by atoms with E-state index in [1.807, 2.05) is 12.1 Å². The van der Waals surface area contributed by atoms with E-state index >= 15 is 0 Å². The Morgan fingerprint density at radius 3 is 2.56 bits per heavy atom. The molecule has 0 aliphatic carbocycles. The number of ether oxygens (including phenoxy) is 1. The fourth-order valence-corrected chi connectivity index (χ4v) is 2.24. The zero-order valence-electron chi connectivity index (χ0n) is 11.7. The van der Waals surface area contributed by atoms with Gasteiger partial charge in [-0.2, -0.15) is 0 Å². The lowest BCUT2D eigenvalue weighted by Gasteiger charge is -2.19. The molecular formula is C15H23NO2. The van der Waals surface area contributed by atoms with Crippen molar-refractivity contribution in [3.63, 3.8) is 0 Å². The Morgan fingerprint density at radius 1 is 1.39 bits per heavy atom. The Labute approximate surface area is 109 Å². The van der Waals surface area contributed by atoms with Crippen molar-refractivity contribution in [2.24, 2.45) is 5.73 Å². The molecule has 3 nitrogen and oxygen atoms in total. The normalized spacial score (nSPS) is 12.8. The summed E-state index contributed by atoms with van der Waals surface area (Å²) in [7, 11) is 1.64. The lowest BCUT2D eigenvalue weighted by atomic mass is 9.88. The highest BCUT2D eigenvalue weighted by Crippen LogP contribution is 2.24. The minimum atomic E-state index is -0.0759. The lowest BCUT2D eigenvalue weighted by Crippen LogP contribution is -2.29. The first-order valence-corrected chi connectivity index (χ1v) is 6.34. The smallest absolute Gasteiger partial charge is 0.160 e. The number of carbonyl (C=O) groups is 1. The van der Waals surface area contributed by atoms with Gasteiger partial charge in [-0.05, 0) is 30.4 Å². The van der Waals surface area contributed by atoms with Crippen molar-refractivity contribution in [2.75, 3.05) is 13.7 Å². The average molecular weight is 249 g/mol. The summed E-state index contributed by atoms with van der Waals surface area (Å²) >= 11 is 0. The predicted octanol–water partition coefficient (Wildman–Crippen LogP) is 2.53. The first-order valence-electron chi connectivity index (χ1n) is 6.34. The van der Waals surface area contributed by atoms with Gasteiger partial charge in [0.1, 0.15) is 0 Å². The Kier molecular flexibility index (Phi) is 5.51. The van der Waals surface area contributed by atoms with Crippen LogP contribution in [0.15, 0.2) is 18.2 Å². The van der Waals surface area contributed by atoms with Crippen LogP contribution >= 0.6 is 0 Å². The molecule has 0 radical (unpaired) electrons. The molecule has 1 aromatic rings. The molecule has 1 atom stereocenters. The summed E-state index contributed by atoms with van der Waals surface area (Å²) in [6, 6.07) is 5.82. The molecule has 0 bridgehead atoms. The number of carbonyl (C=O) groups excluding carboxylic acids is 1. The van der Waals surface area contributed by atoms with E-state index in [0.29, 0.717) is 18.9 Å². The van der Waals surface area contributed by atoms with E-state index in [1.165, 1.54) is 5.56 Å². The third kappa shape index (κ3) is 3.65. The van der Waals surface area contributed by atoms with E-state index in [0.717, 1.165) is 11.1 Å². The van der Waals surface area contributed by atoms with Gasteiger partial charge in [-0.15, -0.1) is 0 Å². The molecule has 0 fully saturated rings. The highest BCUT2D eigenvalue weighted by atomic mass is 16.5. The summed E-state index contributed by atoms with van der Waals surface area (Å²) in [5, 5.41) is 0. The van der Waals surface area contributed by atoms with Crippen molar-refractivity contribution < 1.29 is 9.53 Å². The predicted molar refractivity (Wildman–Crippen MR) is 74.1 cm³/mol. The molecule has 0 aliphatic rings. The van der Waals surface area contributed by atoms with Gasteiger partial charge in [0.25, 0.3) is 0 Å². The first-order chi connectivity index (χ1) is 8.47. The van der Waals surface area contributed by atoms with Crippen molar-refractivity contribution >= 4 is 5.78 Å². The average Bonchev–Trinajstić information content (AvgIpc) is 2.28. The zero-order chi connectivity index (χ0) is 13.7. The number of benzene rings is 1. The second-order valence-corrected chi connectivity index (χ2v) is 5.00. The molecule has 100 valence electrons. The van der Waals surface area contributed by atoms with Crippen molar-refractivity contribution in [3.05, 3.63) is 34.9 Å². The van der Waals surface area contributed by atoms with Crippen LogP contribution in [0.1, 0.15) is 48.2 Å². The van der Waals surface area contributed by atoms with E-state index in [2.05, 4.69) is 19.9 Å². The monoisotopic (exact) mass is 249 g/mol. The van der Waals surface area contributed by atoms with E-state index < -0.39 is 0 Å². The summed E-state index contributed by atoms with van der Waals surface area (Å²) < 4.78 is 5.07. The van der Waals surface area contributed by atoms with Gasteiger partial charge in [0, 0.05) is 18.7 Å². The minimum Gasteiger partial charge on any atom is -0.383 e. The maximum absolute atomic E-state index is 11.7. The number of rotatable bonds is 6. The Morgan fingerprint density at radius 2 is 2.06 bits per heavy atom. The molecule has 0 aromatic heterocycles. The highest BCUT2D eigenvalue weighted by Gasteiger charge is 2.16. The standard InChI is InChI=1S/C15H23NO2/c1-10(2)13-6-5-7-14(11(3)17)15(13)8-12(16)9-18-4/h5-7,10,12H,8-9,16H2,1-4H3/t12-/m1/s1. The van der Waals surface area contributed by atoms with Crippen LogP contribution in [0.4, 0.5) is 0 Å². The van der Waals surface area contributed by atoms with Gasteiger partial charge in [-0.1, -0.05) is 32.0 Å². The topological polar surface area (TPSA) is 52.3 Å². The molecule has 18 heavy (non-hydrogen) atoms. The fourth-order valence-electron chi connectivity index (χ4n) is 2.24. The van der Waals surface area contributed by atoms with Gasteiger partial charge in [0.15, 0.2) is 5.78 Å². The summed E-state index contributed by atoms with van der Waals surface area (Å²) in [4.78, 5) is 11.7. The fraction of sp³-hybridized carbons (Fsp3) is 0.533. The SMILES string of the molecule is COC[C@H](N)Cc1c(C(C)=O)cccc1C(C)C. The number of methoxy groups -OCH3 is 1. The van der Waals surface area contributed by atoms with Crippen LogP contribution in [-0.4, -0.2) is 25.5 Å². The van der Waals surface area contributed by atoms with Crippen LogP contribution in [-0.2, 0) is 11.2 Å². The molecule has 1 rings (SSSR count). The van der Waals surface area contributed by atoms with Gasteiger partial charge in [-0.3, -0.25) is 4.79 Å². The first kappa shape index (κ1) is 14.9. The molecule has 0 aliphatic heterocycles. The third-order valence-corrected chi connectivity index (χ3v) is 3.06. The molecule has 3 heteroatoms. The van der Waals surface area contributed by atoms with Gasteiger partial charge in [0.2, 0.25) is 0 Å². The molecule has 0 heterocycles. The lowest BCUT2D eigenvalue weighted by molar-refractivity contribution is 0.101. The van der Waals surface area contributed by atoms with Gasteiger partial charge >= 0.3 is 0 Å². The van der Waals surface area contributed by atoms with Gasteiger partial charge in [0.05, 0.1) is 6.61 Å². The Bertz CT molecular complexity index is 413. The van der Waals surface area contributed by atoms with Crippen LogP contribution in [0.3, 0.4) is 0 Å². The van der Waals surface area contributed by atoms with Crippen LogP contribution in [0.2, 0.25) is 0 Å². The molecule has 0 saturated heterocycles. The largest absolute Gasteiger partial charge is 0.383 e. The van der Waals surface area contributed by atoms with Crippen molar-refractivity contribution in [1.82, 2.24) is 0 Å². The van der Waals surface area contributed by atoms with E-state index in [9.17, 15) is 4.79 Å².